The van der Waals surface area contributed by atoms with Crippen LogP contribution in [0.3, 0.4) is 0 Å². The molecule has 0 saturated heterocycles. The van der Waals surface area contributed by atoms with Gasteiger partial charge in [-0.25, -0.2) is 0 Å². The Kier molecular flexibility index (Phi) is 6.59. The second kappa shape index (κ2) is 6.45. The summed E-state index contributed by atoms with van der Waals surface area (Å²) in [6, 6.07) is 0. The lowest BCUT2D eigenvalue weighted by molar-refractivity contribution is -0.129. The van der Waals surface area contributed by atoms with E-state index in [1.54, 1.807) is 0 Å². The van der Waals surface area contributed by atoms with Crippen LogP contribution in [-0.2, 0) is 4.79 Å². The molecule has 0 aliphatic carbocycles. The summed E-state index contributed by atoms with van der Waals surface area (Å²) < 4.78 is 0. The van der Waals surface area contributed by atoms with E-state index >= 15 is 0 Å². The summed E-state index contributed by atoms with van der Waals surface area (Å²) in [4.78, 5) is 14.1. The molecule has 0 aromatic rings. The molecule has 0 unspecified atom stereocenters. The second-order valence-corrected chi connectivity index (χ2v) is 38.5. The molecule has 0 heterocycles. The van der Waals surface area contributed by atoms with Gasteiger partial charge >= 0.3 is 0 Å². The molecule has 0 radical (unpaired) electrons. The normalized spacial score (nSPS) is 13.8. The van der Waals surface area contributed by atoms with Crippen molar-refractivity contribution in [2.45, 2.75) is 59.6 Å². The predicted octanol–water partition coefficient (Wildman–Crippen LogP) is 4.05. The number of nitrogens with zero attached hydrogens (tertiary/aromatic N) is 1. The summed E-state index contributed by atoms with van der Waals surface area (Å²) in [5.74, 6) is 0.670. The Morgan fingerprint density at radius 3 is 1.68 bits per heavy atom. The molecular weight excluding hydrogens is 306 g/mol. The van der Waals surface area contributed by atoms with Crippen LogP contribution in [-0.4, -0.2) is 45.6 Å². The summed E-state index contributed by atoms with van der Waals surface area (Å²) in [5.41, 5.74) is 0. The highest BCUT2D eigenvalue weighted by molar-refractivity contribution is 7.82. The minimum absolute atomic E-state index is 0.254. The molecule has 0 bridgehead atoms. The van der Waals surface area contributed by atoms with E-state index in [0.29, 0.717) is 12.3 Å². The van der Waals surface area contributed by atoms with Crippen molar-refractivity contribution >= 4 is 38.6 Å². The molecule has 0 fully saturated rings. The lowest BCUT2D eigenvalue weighted by atomic mass is 10.1. The van der Waals surface area contributed by atoms with Crippen LogP contribution in [0.1, 0.15) is 20.3 Å². The van der Waals surface area contributed by atoms with Gasteiger partial charge in [0.05, 0.1) is 15.2 Å². The lowest BCUT2D eigenvalue weighted by Crippen LogP contribution is -2.72. The van der Waals surface area contributed by atoms with Crippen molar-refractivity contribution in [3.63, 3.8) is 0 Å². The van der Waals surface area contributed by atoms with Gasteiger partial charge in [-0.15, -0.1) is 0 Å². The molecule has 6 heteroatoms. The molecule has 0 saturated carbocycles. The third-order valence-electron chi connectivity index (χ3n) is 3.84. The average molecular weight is 338 g/mol. The lowest BCUT2D eigenvalue weighted by Gasteiger charge is -2.46. The predicted molar refractivity (Wildman–Crippen MR) is 95.4 cm³/mol. The van der Waals surface area contributed by atoms with Gasteiger partial charge in [-0.05, 0) is 5.92 Å². The van der Waals surface area contributed by atoms with Gasteiger partial charge in [0.1, 0.15) is 0 Å². The van der Waals surface area contributed by atoms with Crippen LogP contribution in [0.2, 0.25) is 39.3 Å². The van der Waals surface area contributed by atoms with Crippen molar-refractivity contribution in [2.24, 2.45) is 5.92 Å². The zero-order valence-corrected chi connectivity index (χ0v) is 18.0. The minimum Gasteiger partial charge on any atom is -0.348 e. The Hall–Kier alpha value is 0.411. The fourth-order valence-electron chi connectivity index (χ4n) is 2.52. The molecule has 1 amide bonds. The zero-order chi connectivity index (χ0) is 15.6. The Morgan fingerprint density at radius 2 is 1.42 bits per heavy atom. The molecule has 0 rings (SSSR count). The third-order valence-corrected chi connectivity index (χ3v) is 48.8. The molecule has 2 nitrogen and oxygen atoms in total. The number of hydrogen-bond donors (Lipinski definition) is 0. The van der Waals surface area contributed by atoms with Crippen LogP contribution in [0.4, 0.5) is 0 Å². The van der Waals surface area contributed by atoms with E-state index in [2.05, 4.69) is 53.1 Å². The SMILES string of the molecule is CC(C)CC(=O)N(C)C[Si](Cl)([Si](C)(C)C)[Si](C)(C)C. The van der Waals surface area contributed by atoms with Gasteiger partial charge < -0.3 is 4.90 Å². The molecule has 0 spiro atoms. The van der Waals surface area contributed by atoms with E-state index in [4.69, 9.17) is 11.1 Å². The van der Waals surface area contributed by atoms with E-state index in [0.717, 1.165) is 6.17 Å². The van der Waals surface area contributed by atoms with Gasteiger partial charge in [-0.2, -0.15) is 11.1 Å². The van der Waals surface area contributed by atoms with Gasteiger partial charge in [0.15, 0.2) is 6.42 Å². The summed E-state index contributed by atoms with van der Waals surface area (Å²) in [5, 5.41) is 0. The van der Waals surface area contributed by atoms with Crippen molar-refractivity contribution in [1.29, 1.82) is 0 Å². The molecule has 19 heavy (non-hydrogen) atoms. The third kappa shape index (κ3) is 5.03. The van der Waals surface area contributed by atoms with Crippen LogP contribution in [0, 0.1) is 5.92 Å². The van der Waals surface area contributed by atoms with Crippen molar-refractivity contribution in [1.82, 2.24) is 4.90 Å². The first kappa shape index (κ1) is 19.4. The van der Waals surface area contributed by atoms with Crippen LogP contribution < -0.4 is 0 Å². The maximum Gasteiger partial charge on any atom is 0.222 e. The molecule has 114 valence electrons. The number of hydrogen-bond acceptors (Lipinski definition) is 1. The van der Waals surface area contributed by atoms with Crippen molar-refractivity contribution in [3.8, 4) is 0 Å². The van der Waals surface area contributed by atoms with Gasteiger partial charge in [0, 0.05) is 19.6 Å². The average Bonchev–Trinajstić information content (AvgIpc) is 2.12. The molecule has 0 atom stereocenters. The van der Waals surface area contributed by atoms with Crippen LogP contribution in [0.5, 0.6) is 0 Å². The molecule has 0 aliphatic rings. The van der Waals surface area contributed by atoms with Crippen LogP contribution in [0.25, 0.3) is 0 Å². The zero-order valence-electron chi connectivity index (χ0n) is 14.2. The van der Waals surface area contributed by atoms with Gasteiger partial charge in [-0.1, -0.05) is 53.1 Å². The van der Waals surface area contributed by atoms with E-state index < -0.39 is 21.6 Å². The summed E-state index contributed by atoms with van der Waals surface area (Å²) >= 11 is 7.24. The van der Waals surface area contributed by atoms with Gasteiger partial charge in [-0.3, -0.25) is 4.79 Å². The van der Waals surface area contributed by atoms with Gasteiger partial charge in [0.25, 0.3) is 0 Å². The van der Waals surface area contributed by atoms with E-state index in [9.17, 15) is 4.79 Å². The van der Waals surface area contributed by atoms with Crippen LogP contribution >= 0.6 is 11.1 Å². The molecular formula is C13H32ClNOSi3. The Labute approximate surface area is 127 Å². The van der Waals surface area contributed by atoms with Crippen molar-refractivity contribution in [2.75, 3.05) is 13.2 Å². The number of carbonyl (C=O) groups is 1. The van der Waals surface area contributed by atoms with Crippen LogP contribution in [0.15, 0.2) is 0 Å². The van der Waals surface area contributed by atoms with Crippen molar-refractivity contribution in [3.05, 3.63) is 0 Å². The Balaban J connectivity index is 5.12. The maximum absolute atomic E-state index is 12.2. The molecule has 0 N–H and O–H groups in total. The smallest absolute Gasteiger partial charge is 0.222 e. The minimum atomic E-state index is -1.87. The number of amides is 1. The number of carbonyl (C=O) groups excluding carboxylic acids is 1. The number of rotatable bonds is 6. The topological polar surface area (TPSA) is 20.3 Å². The quantitative estimate of drug-likeness (QED) is 0.529. The van der Waals surface area contributed by atoms with Crippen molar-refractivity contribution < 1.29 is 4.79 Å². The Morgan fingerprint density at radius 1 is 1.05 bits per heavy atom. The first-order chi connectivity index (χ1) is 8.22. The fraction of sp³-hybridized carbons (Fsp3) is 0.923. The molecule has 0 aliphatic heterocycles. The highest BCUT2D eigenvalue weighted by atomic mass is 35.6. The summed E-state index contributed by atoms with van der Waals surface area (Å²) in [6.45, 7) is 18.5. The Bertz CT molecular complexity index is 307. The monoisotopic (exact) mass is 337 g/mol. The van der Waals surface area contributed by atoms with E-state index in [-0.39, 0.29) is 5.91 Å². The first-order valence-corrected chi connectivity index (χ1v) is 19.4. The molecule has 0 aromatic carbocycles. The highest BCUT2D eigenvalue weighted by Gasteiger charge is 2.54. The van der Waals surface area contributed by atoms with Gasteiger partial charge in [0.2, 0.25) is 5.91 Å². The molecule has 0 aromatic heterocycles. The summed E-state index contributed by atoms with van der Waals surface area (Å²) in [6.07, 6.45) is -0.401. The fourth-order valence-corrected chi connectivity index (χ4v) is 38.4. The first-order valence-electron chi connectivity index (χ1n) is 7.15. The van der Waals surface area contributed by atoms with E-state index in [1.165, 1.54) is 0 Å². The second-order valence-electron chi connectivity index (χ2n) is 8.15. The highest BCUT2D eigenvalue weighted by Crippen LogP contribution is 2.33. The largest absolute Gasteiger partial charge is 0.348 e. The standard InChI is InChI=1S/C13H32ClNOSi3/c1-12(2)10-13(16)15(3)11-19(14,17(4,5)6)18(7,8)9/h12H,10-11H2,1-9H3. The number of halogens is 1. The maximum atomic E-state index is 12.2. The summed E-state index contributed by atoms with van der Waals surface area (Å²) in [7, 11) is -0.906. The van der Waals surface area contributed by atoms with E-state index in [1.807, 2.05) is 11.9 Å².